The van der Waals surface area contributed by atoms with E-state index in [0.717, 1.165) is 44.5 Å². The van der Waals surface area contributed by atoms with Crippen molar-refractivity contribution in [3.8, 4) is 0 Å². The fourth-order valence-electron chi connectivity index (χ4n) is 3.87. The number of carbonyl (C=O) groups is 2. The highest BCUT2D eigenvalue weighted by Crippen LogP contribution is 2.43. The van der Waals surface area contributed by atoms with E-state index in [9.17, 15) is 9.59 Å². The molecular formula is C20H28N2O3. The summed E-state index contributed by atoms with van der Waals surface area (Å²) >= 11 is 0. The average molecular weight is 344 g/mol. The zero-order valence-corrected chi connectivity index (χ0v) is 15.2. The van der Waals surface area contributed by atoms with Crippen LogP contribution in [0.5, 0.6) is 0 Å². The Morgan fingerprint density at radius 1 is 1.12 bits per heavy atom. The molecule has 2 bridgehead atoms. The fraction of sp³-hybridized carbons (Fsp3) is 0.600. The van der Waals surface area contributed by atoms with E-state index in [1.165, 1.54) is 0 Å². The van der Waals surface area contributed by atoms with Gasteiger partial charge in [0.15, 0.2) is 0 Å². The summed E-state index contributed by atoms with van der Waals surface area (Å²) in [6.07, 6.45) is 2.82. The summed E-state index contributed by atoms with van der Waals surface area (Å²) in [5, 5.41) is 3.01. The molecule has 5 nitrogen and oxygen atoms in total. The molecule has 1 amide bonds. The molecule has 0 aliphatic carbocycles. The maximum absolute atomic E-state index is 12.9. The van der Waals surface area contributed by atoms with Crippen LogP contribution in [0.15, 0.2) is 30.3 Å². The largest absolute Gasteiger partial charge is 0.459 e. The molecule has 0 radical (unpaired) electrons. The number of rotatable bonds is 6. The lowest BCUT2D eigenvalue weighted by Crippen LogP contribution is -2.61. The molecule has 3 fully saturated rings. The lowest BCUT2D eigenvalue weighted by atomic mass is 9.67. The Labute approximate surface area is 149 Å². The number of benzene rings is 1. The molecule has 3 aliphatic heterocycles. The molecule has 1 aromatic carbocycles. The van der Waals surface area contributed by atoms with Gasteiger partial charge in [0, 0.05) is 11.3 Å². The summed E-state index contributed by atoms with van der Waals surface area (Å²) < 4.78 is 5.60. The molecule has 0 aromatic heterocycles. The third-order valence-electron chi connectivity index (χ3n) is 5.66. The van der Waals surface area contributed by atoms with Crippen molar-refractivity contribution in [2.75, 3.05) is 19.6 Å². The SMILES string of the molecule is CC(C)C(=O)NC(C(=O)OCc1ccccc1)C12CCN(CC1)CC2. The lowest BCUT2D eigenvalue weighted by molar-refractivity contribution is -0.157. The third-order valence-corrected chi connectivity index (χ3v) is 5.66. The Morgan fingerprint density at radius 2 is 1.72 bits per heavy atom. The van der Waals surface area contributed by atoms with Gasteiger partial charge in [-0.1, -0.05) is 44.2 Å². The zero-order chi connectivity index (χ0) is 17.9. The average Bonchev–Trinajstić information content (AvgIpc) is 2.66. The highest BCUT2D eigenvalue weighted by molar-refractivity contribution is 5.86. The van der Waals surface area contributed by atoms with Crippen LogP contribution in [-0.4, -0.2) is 42.5 Å². The van der Waals surface area contributed by atoms with Gasteiger partial charge in [0.2, 0.25) is 5.91 Å². The second-order valence-electron chi connectivity index (χ2n) is 7.64. The van der Waals surface area contributed by atoms with Crippen molar-refractivity contribution in [1.29, 1.82) is 0 Å². The lowest BCUT2D eigenvalue weighted by Gasteiger charge is -2.51. The molecular weight excluding hydrogens is 316 g/mol. The number of carbonyl (C=O) groups excluding carboxylic acids is 2. The molecule has 25 heavy (non-hydrogen) atoms. The topological polar surface area (TPSA) is 58.6 Å². The van der Waals surface area contributed by atoms with Crippen LogP contribution in [0, 0.1) is 11.3 Å². The van der Waals surface area contributed by atoms with E-state index in [0.29, 0.717) is 0 Å². The van der Waals surface area contributed by atoms with E-state index >= 15 is 0 Å². The third kappa shape index (κ3) is 4.03. The van der Waals surface area contributed by atoms with E-state index in [-0.39, 0.29) is 29.8 Å². The number of nitrogens with zero attached hydrogens (tertiary/aromatic N) is 1. The van der Waals surface area contributed by atoms with E-state index < -0.39 is 6.04 Å². The summed E-state index contributed by atoms with van der Waals surface area (Å²) in [4.78, 5) is 27.6. The summed E-state index contributed by atoms with van der Waals surface area (Å²) in [6, 6.07) is 9.12. The van der Waals surface area contributed by atoms with Crippen LogP contribution in [0.3, 0.4) is 0 Å². The summed E-state index contributed by atoms with van der Waals surface area (Å²) in [6.45, 7) is 6.95. The van der Waals surface area contributed by atoms with Crippen molar-refractivity contribution >= 4 is 11.9 Å². The first-order valence-corrected chi connectivity index (χ1v) is 9.23. The minimum absolute atomic E-state index is 0.0796. The predicted octanol–water partition coefficient (Wildman–Crippen LogP) is 2.36. The van der Waals surface area contributed by atoms with Gasteiger partial charge in [-0.05, 0) is 44.5 Å². The van der Waals surface area contributed by atoms with Gasteiger partial charge in [0.25, 0.3) is 0 Å². The zero-order valence-electron chi connectivity index (χ0n) is 15.2. The molecule has 3 heterocycles. The van der Waals surface area contributed by atoms with Crippen LogP contribution >= 0.6 is 0 Å². The Kier molecular flexibility index (Phi) is 5.42. The first-order valence-electron chi connectivity index (χ1n) is 9.23. The highest BCUT2D eigenvalue weighted by Gasteiger charge is 2.49. The molecule has 1 atom stereocenters. The second kappa shape index (κ2) is 7.56. The van der Waals surface area contributed by atoms with Gasteiger partial charge < -0.3 is 15.0 Å². The van der Waals surface area contributed by atoms with Crippen LogP contribution in [0.25, 0.3) is 0 Å². The molecule has 1 N–H and O–H groups in total. The molecule has 5 heteroatoms. The van der Waals surface area contributed by atoms with Crippen molar-refractivity contribution in [3.05, 3.63) is 35.9 Å². The van der Waals surface area contributed by atoms with Gasteiger partial charge >= 0.3 is 5.97 Å². The molecule has 1 aromatic rings. The van der Waals surface area contributed by atoms with Crippen molar-refractivity contribution < 1.29 is 14.3 Å². The van der Waals surface area contributed by atoms with E-state index in [1.54, 1.807) is 0 Å². The van der Waals surface area contributed by atoms with Gasteiger partial charge in [-0.2, -0.15) is 0 Å². The van der Waals surface area contributed by atoms with Gasteiger partial charge in [0.05, 0.1) is 0 Å². The monoisotopic (exact) mass is 344 g/mol. The van der Waals surface area contributed by atoms with Crippen LogP contribution in [-0.2, 0) is 20.9 Å². The Bertz CT molecular complexity index is 593. The molecule has 1 unspecified atom stereocenters. The smallest absolute Gasteiger partial charge is 0.329 e. The van der Waals surface area contributed by atoms with Crippen molar-refractivity contribution in [3.63, 3.8) is 0 Å². The maximum atomic E-state index is 12.9. The number of piperidine rings is 3. The van der Waals surface area contributed by atoms with Gasteiger partial charge in [0.1, 0.15) is 12.6 Å². The minimum Gasteiger partial charge on any atom is -0.459 e. The van der Waals surface area contributed by atoms with Crippen LogP contribution in [0.1, 0.15) is 38.7 Å². The number of nitrogens with one attached hydrogen (secondary N) is 1. The number of hydrogen-bond acceptors (Lipinski definition) is 4. The summed E-state index contributed by atoms with van der Waals surface area (Å²) in [5.74, 6) is -0.526. The summed E-state index contributed by atoms with van der Waals surface area (Å²) in [5.41, 5.74) is 0.799. The van der Waals surface area contributed by atoms with Crippen molar-refractivity contribution in [2.24, 2.45) is 11.3 Å². The van der Waals surface area contributed by atoms with Crippen LogP contribution in [0.2, 0.25) is 0 Å². The van der Waals surface area contributed by atoms with E-state index in [1.807, 2.05) is 44.2 Å². The molecule has 136 valence electrons. The highest BCUT2D eigenvalue weighted by atomic mass is 16.5. The van der Waals surface area contributed by atoms with Crippen LogP contribution < -0.4 is 5.32 Å². The standard InChI is InChI=1S/C20H28N2O3/c1-15(2)18(23)21-17(20-8-11-22(12-9-20)13-10-20)19(24)25-14-16-6-4-3-5-7-16/h3-7,15,17H,8-14H2,1-2H3,(H,21,23). The van der Waals surface area contributed by atoms with E-state index in [2.05, 4.69) is 10.2 Å². The molecule has 0 saturated carbocycles. The summed E-state index contributed by atoms with van der Waals surface area (Å²) in [7, 11) is 0. The first kappa shape index (κ1) is 17.9. The Balaban J connectivity index is 1.73. The predicted molar refractivity (Wildman–Crippen MR) is 95.7 cm³/mol. The fourth-order valence-corrected chi connectivity index (χ4v) is 3.87. The molecule has 3 saturated heterocycles. The number of ether oxygens (including phenoxy) is 1. The second-order valence-corrected chi connectivity index (χ2v) is 7.64. The van der Waals surface area contributed by atoms with Crippen molar-refractivity contribution in [1.82, 2.24) is 10.2 Å². The number of esters is 1. The number of fused-ring (bicyclic) bond motifs is 3. The van der Waals surface area contributed by atoms with Crippen molar-refractivity contribution in [2.45, 2.75) is 45.8 Å². The Hall–Kier alpha value is -1.88. The van der Waals surface area contributed by atoms with Gasteiger partial charge in [-0.25, -0.2) is 4.79 Å². The number of hydrogen-bond donors (Lipinski definition) is 1. The first-order chi connectivity index (χ1) is 12.0. The quantitative estimate of drug-likeness (QED) is 0.805. The number of amides is 1. The van der Waals surface area contributed by atoms with E-state index in [4.69, 9.17) is 4.74 Å². The maximum Gasteiger partial charge on any atom is 0.329 e. The van der Waals surface area contributed by atoms with Gasteiger partial charge in [-0.15, -0.1) is 0 Å². The Morgan fingerprint density at radius 3 is 2.28 bits per heavy atom. The van der Waals surface area contributed by atoms with Crippen LogP contribution in [0.4, 0.5) is 0 Å². The minimum atomic E-state index is -0.548. The normalized spacial score (nSPS) is 26.3. The van der Waals surface area contributed by atoms with Gasteiger partial charge in [-0.3, -0.25) is 4.79 Å². The molecule has 4 rings (SSSR count). The molecule has 0 spiro atoms. The molecule has 3 aliphatic rings.